The highest BCUT2D eigenvalue weighted by Gasteiger charge is 1.97. The third kappa shape index (κ3) is 3.85. The lowest BCUT2D eigenvalue weighted by molar-refractivity contribution is 0.291. The van der Waals surface area contributed by atoms with Crippen molar-refractivity contribution in [1.29, 1.82) is 0 Å². The molecule has 2 N–H and O–H groups in total. The summed E-state index contributed by atoms with van der Waals surface area (Å²) in [5.41, 5.74) is 6.74. The van der Waals surface area contributed by atoms with Crippen molar-refractivity contribution in [2.45, 2.75) is 13.0 Å². The number of rotatable bonds is 6. The van der Waals surface area contributed by atoms with Crippen LogP contribution >= 0.6 is 15.9 Å². The molecule has 0 radical (unpaired) electrons. The molecule has 4 nitrogen and oxygen atoms in total. The first-order valence-electron chi connectivity index (χ1n) is 5.87. The lowest BCUT2D eigenvalue weighted by Gasteiger charge is -2.07. The van der Waals surface area contributed by atoms with E-state index in [-0.39, 0.29) is 0 Å². The Hall–Kier alpha value is -1.33. The number of nitrogens with zero attached hydrogens (tertiary/aromatic N) is 2. The first kappa shape index (κ1) is 13.1. The molecule has 0 atom stereocenters. The molecule has 0 amide bonds. The minimum Gasteiger partial charge on any atom is -0.492 e. The molecule has 0 saturated carbocycles. The lowest BCUT2D eigenvalue weighted by Crippen LogP contribution is -2.08. The van der Waals surface area contributed by atoms with Gasteiger partial charge in [0.05, 0.1) is 17.2 Å². The van der Waals surface area contributed by atoms with Gasteiger partial charge in [-0.2, -0.15) is 5.10 Å². The van der Waals surface area contributed by atoms with Gasteiger partial charge in [0.2, 0.25) is 0 Å². The highest BCUT2D eigenvalue weighted by atomic mass is 79.9. The molecule has 1 heterocycles. The molecule has 2 rings (SSSR count). The molecule has 18 heavy (non-hydrogen) atoms. The second kappa shape index (κ2) is 6.56. The maximum atomic E-state index is 5.64. The molecular formula is C13H16BrN3O. The summed E-state index contributed by atoms with van der Waals surface area (Å²) in [5.74, 6) is 0.877. The van der Waals surface area contributed by atoms with Gasteiger partial charge in [0, 0.05) is 6.20 Å². The van der Waals surface area contributed by atoms with Crippen LogP contribution in [-0.4, -0.2) is 22.9 Å². The summed E-state index contributed by atoms with van der Waals surface area (Å²) >= 11 is 3.36. The molecule has 5 heteroatoms. The molecule has 0 unspecified atom stereocenters. The van der Waals surface area contributed by atoms with Crippen molar-refractivity contribution in [3.63, 3.8) is 0 Å². The van der Waals surface area contributed by atoms with Gasteiger partial charge in [-0.15, -0.1) is 0 Å². The van der Waals surface area contributed by atoms with Crippen LogP contribution in [0, 0.1) is 0 Å². The van der Waals surface area contributed by atoms with Gasteiger partial charge in [-0.3, -0.25) is 4.68 Å². The SMILES string of the molecule is NCCc1ccc(OCCn2cc(Br)cn2)cc1. The molecule has 0 fully saturated rings. The molecule has 2 aromatic rings. The van der Waals surface area contributed by atoms with Crippen molar-refractivity contribution in [2.24, 2.45) is 5.73 Å². The molecule has 96 valence electrons. The first-order valence-corrected chi connectivity index (χ1v) is 6.67. The fourth-order valence-electron chi connectivity index (χ4n) is 1.64. The fraction of sp³-hybridized carbons (Fsp3) is 0.308. The van der Waals surface area contributed by atoms with Crippen molar-refractivity contribution < 1.29 is 4.74 Å². The van der Waals surface area contributed by atoms with Crippen LogP contribution in [0.2, 0.25) is 0 Å². The summed E-state index contributed by atoms with van der Waals surface area (Å²) in [5, 5.41) is 4.16. The van der Waals surface area contributed by atoms with Crippen molar-refractivity contribution in [2.75, 3.05) is 13.2 Å². The normalized spacial score (nSPS) is 10.6. The van der Waals surface area contributed by atoms with Crippen LogP contribution in [-0.2, 0) is 13.0 Å². The van der Waals surface area contributed by atoms with E-state index in [0.717, 1.165) is 23.2 Å². The largest absolute Gasteiger partial charge is 0.492 e. The van der Waals surface area contributed by atoms with Crippen LogP contribution in [0.15, 0.2) is 41.1 Å². The van der Waals surface area contributed by atoms with E-state index in [1.54, 1.807) is 6.20 Å². The van der Waals surface area contributed by atoms with Crippen LogP contribution in [0.5, 0.6) is 5.75 Å². The molecule has 0 spiro atoms. The minimum atomic E-state index is 0.602. The number of hydrogen-bond donors (Lipinski definition) is 1. The second-order valence-electron chi connectivity index (χ2n) is 3.95. The predicted octanol–water partition coefficient (Wildman–Crippen LogP) is 2.23. The smallest absolute Gasteiger partial charge is 0.119 e. The molecule has 0 bridgehead atoms. The molecule has 0 aliphatic heterocycles. The zero-order valence-corrected chi connectivity index (χ0v) is 11.6. The topological polar surface area (TPSA) is 53.1 Å². The van der Waals surface area contributed by atoms with Gasteiger partial charge < -0.3 is 10.5 Å². The summed E-state index contributed by atoms with van der Waals surface area (Å²) in [4.78, 5) is 0. The van der Waals surface area contributed by atoms with Crippen LogP contribution in [0.25, 0.3) is 0 Å². The summed E-state index contributed by atoms with van der Waals surface area (Å²) in [7, 11) is 0. The Labute approximate surface area is 115 Å². The van der Waals surface area contributed by atoms with E-state index in [4.69, 9.17) is 10.5 Å². The summed E-state index contributed by atoms with van der Waals surface area (Å²) < 4.78 is 8.47. The average molecular weight is 310 g/mol. The highest BCUT2D eigenvalue weighted by molar-refractivity contribution is 9.10. The Morgan fingerprint density at radius 3 is 2.67 bits per heavy atom. The minimum absolute atomic E-state index is 0.602. The molecule has 1 aromatic heterocycles. The Morgan fingerprint density at radius 2 is 2.06 bits per heavy atom. The Kier molecular flexibility index (Phi) is 4.78. The van der Waals surface area contributed by atoms with Crippen molar-refractivity contribution in [1.82, 2.24) is 9.78 Å². The van der Waals surface area contributed by atoms with E-state index >= 15 is 0 Å². The molecule has 0 aliphatic rings. The predicted molar refractivity (Wildman–Crippen MR) is 74.6 cm³/mol. The van der Waals surface area contributed by atoms with Crippen molar-refractivity contribution >= 4 is 15.9 Å². The Morgan fingerprint density at radius 1 is 1.28 bits per heavy atom. The third-order valence-corrected chi connectivity index (χ3v) is 2.96. The number of aromatic nitrogens is 2. The van der Waals surface area contributed by atoms with Gasteiger partial charge in [0.1, 0.15) is 12.4 Å². The van der Waals surface area contributed by atoms with Crippen LogP contribution in [0.3, 0.4) is 0 Å². The number of hydrogen-bond acceptors (Lipinski definition) is 3. The van der Waals surface area contributed by atoms with Crippen LogP contribution in [0.4, 0.5) is 0 Å². The Bertz CT molecular complexity index is 481. The van der Waals surface area contributed by atoms with Gasteiger partial charge in [0.25, 0.3) is 0 Å². The molecule has 1 aromatic carbocycles. The fourth-order valence-corrected chi connectivity index (χ4v) is 1.96. The second-order valence-corrected chi connectivity index (χ2v) is 4.87. The Balaban J connectivity index is 1.79. The summed E-state index contributed by atoms with van der Waals surface area (Å²) in [6.07, 6.45) is 4.59. The lowest BCUT2D eigenvalue weighted by atomic mass is 10.1. The molecular weight excluding hydrogens is 294 g/mol. The zero-order valence-electron chi connectivity index (χ0n) is 10.1. The number of benzene rings is 1. The zero-order chi connectivity index (χ0) is 12.8. The standard InChI is InChI=1S/C13H16BrN3O/c14-12-9-16-17(10-12)7-8-18-13-3-1-11(2-4-13)5-6-15/h1-4,9-10H,5-8,15H2. The quantitative estimate of drug-likeness (QED) is 0.890. The van der Waals surface area contributed by atoms with E-state index in [2.05, 4.69) is 21.0 Å². The number of ether oxygens (including phenoxy) is 1. The van der Waals surface area contributed by atoms with E-state index in [9.17, 15) is 0 Å². The first-order chi connectivity index (χ1) is 8.78. The monoisotopic (exact) mass is 309 g/mol. The molecule has 0 saturated heterocycles. The van der Waals surface area contributed by atoms with Gasteiger partial charge >= 0.3 is 0 Å². The van der Waals surface area contributed by atoms with E-state index in [0.29, 0.717) is 13.2 Å². The van der Waals surface area contributed by atoms with E-state index in [1.165, 1.54) is 5.56 Å². The van der Waals surface area contributed by atoms with Gasteiger partial charge in [-0.05, 0) is 46.6 Å². The summed E-state index contributed by atoms with van der Waals surface area (Å²) in [6.45, 7) is 2.01. The van der Waals surface area contributed by atoms with Gasteiger partial charge in [-0.1, -0.05) is 12.1 Å². The average Bonchev–Trinajstić information content (AvgIpc) is 2.78. The van der Waals surface area contributed by atoms with Gasteiger partial charge in [-0.25, -0.2) is 0 Å². The van der Waals surface area contributed by atoms with Crippen LogP contribution in [0.1, 0.15) is 5.56 Å². The summed E-state index contributed by atoms with van der Waals surface area (Å²) in [6, 6.07) is 8.05. The number of halogens is 1. The van der Waals surface area contributed by atoms with Gasteiger partial charge in [0.15, 0.2) is 0 Å². The van der Waals surface area contributed by atoms with Crippen molar-refractivity contribution in [3.05, 3.63) is 46.7 Å². The third-order valence-electron chi connectivity index (χ3n) is 2.55. The maximum absolute atomic E-state index is 5.64. The van der Waals surface area contributed by atoms with Crippen molar-refractivity contribution in [3.8, 4) is 5.75 Å². The number of nitrogens with two attached hydrogens (primary N) is 1. The molecule has 0 aliphatic carbocycles. The van der Waals surface area contributed by atoms with E-state index < -0.39 is 0 Å². The highest BCUT2D eigenvalue weighted by Crippen LogP contribution is 2.12. The maximum Gasteiger partial charge on any atom is 0.119 e. The van der Waals surface area contributed by atoms with E-state index in [1.807, 2.05) is 35.1 Å². The van der Waals surface area contributed by atoms with Crippen LogP contribution < -0.4 is 10.5 Å².